The van der Waals surface area contributed by atoms with Crippen molar-refractivity contribution < 1.29 is 47.4 Å². The van der Waals surface area contributed by atoms with Crippen molar-refractivity contribution in [1.29, 1.82) is 0 Å². The monoisotopic (exact) mass is 630 g/mol. The van der Waals surface area contributed by atoms with E-state index in [1.54, 1.807) is 12.1 Å². The fourth-order valence-corrected chi connectivity index (χ4v) is 3.77. The number of nitrogens with one attached hydrogen (secondary N) is 4. The van der Waals surface area contributed by atoms with E-state index >= 15 is 0 Å². The van der Waals surface area contributed by atoms with Crippen molar-refractivity contribution in [2.45, 2.75) is 38.0 Å². The number of amides is 4. The molecule has 3 aromatic carbocycles. The number of halogens is 3. The highest BCUT2D eigenvalue weighted by molar-refractivity contribution is 5.85. The molecule has 0 aromatic heterocycles. The van der Waals surface area contributed by atoms with E-state index in [-0.39, 0.29) is 31.3 Å². The van der Waals surface area contributed by atoms with E-state index in [1.807, 2.05) is 72.8 Å². The van der Waals surface area contributed by atoms with Crippen molar-refractivity contribution >= 4 is 29.8 Å². The topological polar surface area (TPSA) is 174 Å². The third-order valence-electron chi connectivity index (χ3n) is 5.98. The van der Waals surface area contributed by atoms with Crippen molar-refractivity contribution in [3.05, 3.63) is 96.1 Å². The van der Waals surface area contributed by atoms with E-state index < -0.39 is 30.1 Å². The molecule has 0 fully saturated rings. The van der Waals surface area contributed by atoms with E-state index in [1.165, 1.54) is 0 Å². The number of carboxylic acids is 2. The van der Waals surface area contributed by atoms with Gasteiger partial charge in [-0.05, 0) is 28.7 Å². The Kier molecular flexibility index (Phi) is 14.6. The van der Waals surface area contributed by atoms with Gasteiger partial charge in [-0.15, -0.1) is 0 Å². The Balaban J connectivity index is 0.000000900. The summed E-state index contributed by atoms with van der Waals surface area (Å²) >= 11 is 0. The summed E-state index contributed by atoms with van der Waals surface area (Å²) in [5, 5.41) is 27.1. The average molecular weight is 631 g/mol. The van der Waals surface area contributed by atoms with E-state index in [0.29, 0.717) is 25.1 Å². The number of aliphatic carboxylic acids is 2. The van der Waals surface area contributed by atoms with E-state index in [9.17, 15) is 37.5 Å². The summed E-state index contributed by atoms with van der Waals surface area (Å²) in [6.45, 7) is 0.435. The number of carbonyl (C=O) groups excluding carboxylic acids is 3. The van der Waals surface area contributed by atoms with Crippen LogP contribution in [0.15, 0.2) is 84.9 Å². The lowest BCUT2D eigenvalue weighted by molar-refractivity contribution is -0.192. The zero-order valence-corrected chi connectivity index (χ0v) is 24.0. The normalized spacial score (nSPS) is 11.2. The van der Waals surface area contributed by atoms with E-state index in [0.717, 1.165) is 16.7 Å². The highest BCUT2D eigenvalue weighted by Gasteiger charge is 2.38. The number of carboxylic acid groups (broad SMARTS) is 2. The third-order valence-corrected chi connectivity index (χ3v) is 5.98. The number of rotatable bonds is 13. The molecule has 14 heteroatoms. The summed E-state index contributed by atoms with van der Waals surface area (Å²) < 4.78 is 31.7. The molecule has 0 radical (unpaired) electrons. The smallest absolute Gasteiger partial charge is 0.481 e. The molecule has 11 nitrogen and oxygen atoms in total. The van der Waals surface area contributed by atoms with Crippen LogP contribution in [0.5, 0.6) is 0 Å². The van der Waals surface area contributed by atoms with Crippen LogP contribution in [-0.2, 0) is 25.7 Å². The number of alkyl halides is 3. The molecule has 4 amide bonds. The molecule has 0 spiro atoms. The SMILES string of the molecule is O=C(O)C(F)(F)F.O=C(O)CC(NC(=O)CNC(=O)CCCNC(=O)NCc1ccccc1)c1ccc(-c2ccccc2)cc1. The number of hydrogen-bond donors (Lipinski definition) is 6. The molecule has 0 aliphatic rings. The van der Waals surface area contributed by atoms with E-state index in [4.69, 9.17) is 9.90 Å². The van der Waals surface area contributed by atoms with Gasteiger partial charge in [0, 0.05) is 19.5 Å². The van der Waals surface area contributed by atoms with Gasteiger partial charge in [-0.2, -0.15) is 13.2 Å². The van der Waals surface area contributed by atoms with Crippen LogP contribution in [0.1, 0.15) is 36.4 Å². The molecule has 3 aromatic rings. The summed E-state index contributed by atoms with van der Waals surface area (Å²) in [6.07, 6.45) is -4.84. The highest BCUT2D eigenvalue weighted by atomic mass is 19.4. The summed E-state index contributed by atoms with van der Waals surface area (Å²) in [6, 6.07) is 25.5. The molecule has 0 aliphatic carbocycles. The van der Waals surface area contributed by atoms with Gasteiger partial charge in [0.15, 0.2) is 0 Å². The molecule has 3 rings (SSSR count). The lowest BCUT2D eigenvalue weighted by Crippen LogP contribution is -2.39. The van der Waals surface area contributed by atoms with Crippen molar-refractivity contribution in [1.82, 2.24) is 21.3 Å². The zero-order valence-electron chi connectivity index (χ0n) is 24.0. The van der Waals surface area contributed by atoms with Gasteiger partial charge in [0.05, 0.1) is 19.0 Å². The van der Waals surface area contributed by atoms with Crippen molar-refractivity contribution in [2.75, 3.05) is 13.1 Å². The first kappa shape index (κ1) is 35.8. The third kappa shape index (κ3) is 14.6. The van der Waals surface area contributed by atoms with Crippen LogP contribution in [0.2, 0.25) is 0 Å². The molecular weight excluding hydrogens is 597 g/mol. The van der Waals surface area contributed by atoms with Crippen molar-refractivity contribution in [2.24, 2.45) is 0 Å². The Labute approximate surface area is 256 Å². The van der Waals surface area contributed by atoms with Gasteiger partial charge in [0.25, 0.3) is 0 Å². The largest absolute Gasteiger partial charge is 0.490 e. The van der Waals surface area contributed by atoms with Gasteiger partial charge in [-0.3, -0.25) is 14.4 Å². The predicted molar refractivity (Wildman–Crippen MR) is 158 cm³/mol. The highest BCUT2D eigenvalue weighted by Crippen LogP contribution is 2.23. The maximum absolute atomic E-state index is 12.4. The Morgan fingerprint density at radius 3 is 1.82 bits per heavy atom. The maximum Gasteiger partial charge on any atom is 0.490 e. The van der Waals surface area contributed by atoms with Crippen LogP contribution in [0, 0.1) is 0 Å². The molecule has 0 bridgehead atoms. The van der Waals surface area contributed by atoms with Crippen molar-refractivity contribution in [3.8, 4) is 11.1 Å². The minimum Gasteiger partial charge on any atom is -0.481 e. The Bertz CT molecular complexity index is 1400. The molecule has 0 aliphatic heterocycles. The Hall–Kier alpha value is -5.40. The number of hydrogen-bond acceptors (Lipinski definition) is 5. The number of urea groups is 1. The maximum atomic E-state index is 12.4. The van der Waals surface area contributed by atoms with Crippen LogP contribution in [0.4, 0.5) is 18.0 Å². The molecule has 240 valence electrons. The molecule has 1 unspecified atom stereocenters. The number of carbonyl (C=O) groups is 5. The molecular formula is C31H33F3N4O7. The Morgan fingerprint density at radius 1 is 0.711 bits per heavy atom. The van der Waals surface area contributed by atoms with Gasteiger partial charge in [-0.25, -0.2) is 9.59 Å². The molecule has 6 N–H and O–H groups in total. The Morgan fingerprint density at radius 2 is 1.27 bits per heavy atom. The second-order valence-corrected chi connectivity index (χ2v) is 9.48. The zero-order chi connectivity index (χ0) is 33.2. The fraction of sp³-hybridized carbons (Fsp3) is 0.258. The molecule has 0 heterocycles. The number of benzene rings is 3. The average Bonchev–Trinajstić information content (AvgIpc) is 3.01. The van der Waals surface area contributed by atoms with Crippen LogP contribution in [0.3, 0.4) is 0 Å². The predicted octanol–water partition coefficient (Wildman–Crippen LogP) is 4.01. The molecule has 1 atom stereocenters. The van der Waals surface area contributed by atoms with Gasteiger partial charge < -0.3 is 31.5 Å². The summed E-state index contributed by atoms with van der Waals surface area (Å²) in [4.78, 5) is 56.6. The molecule has 0 saturated heterocycles. The summed E-state index contributed by atoms with van der Waals surface area (Å²) in [7, 11) is 0. The summed E-state index contributed by atoms with van der Waals surface area (Å²) in [5.74, 6) is -4.64. The van der Waals surface area contributed by atoms with E-state index in [2.05, 4.69) is 21.3 Å². The van der Waals surface area contributed by atoms with Crippen LogP contribution < -0.4 is 21.3 Å². The standard InChI is InChI=1S/C29H32N4O5.C2HF3O2/c34-26(12-7-17-30-29(38)32-19-21-8-3-1-4-9-21)31-20-27(35)33-25(18-28(36)37)24-15-13-23(14-16-24)22-10-5-2-6-11-22;3-2(4,5)1(6)7/h1-6,8-11,13-16,25H,7,12,17-20H2,(H,31,34)(H,33,35)(H,36,37)(H2,30,32,38);(H,6,7). The second-order valence-electron chi connectivity index (χ2n) is 9.48. The molecule has 45 heavy (non-hydrogen) atoms. The van der Waals surface area contributed by atoms with Gasteiger partial charge in [0.1, 0.15) is 0 Å². The van der Waals surface area contributed by atoms with Crippen LogP contribution >= 0.6 is 0 Å². The van der Waals surface area contributed by atoms with Crippen LogP contribution in [0.25, 0.3) is 11.1 Å². The first-order valence-corrected chi connectivity index (χ1v) is 13.6. The fourth-order valence-electron chi connectivity index (χ4n) is 3.77. The lowest BCUT2D eigenvalue weighted by Gasteiger charge is -2.18. The van der Waals surface area contributed by atoms with Gasteiger partial charge in [0.2, 0.25) is 11.8 Å². The summed E-state index contributed by atoms with van der Waals surface area (Å²) in [5.41, 5.74) is 3.65. The minimum absolute atomic E-state index is 0.131. The molecule has 0 saturated carbocycles. The quantitative estimate of drug-likeness (QED) is 0.155. The van der Waals surface area contributed by atoms with Gasteiger partial charge >= 0.3 is 24.1 Å². The first-order valence-electron chi connectivity index (χ1n) is 13.6. The first-order chi connectivity index (χ1) is 21.3. The van der Waals surface area contributed by atoms with Crippen LogP contribution in [-0.4, -0.2) is 59.3 Å². The van der Waals surface area contributed by atoms with Gasteiger partial charge in [-0.1, -0.05) is 84.9 Å². The lowest BCUT2D eigenvalue weighted by atomic mass is 9.99. The minimum atomic E-state index is -5.08. The second kappa shape index (κ2) is 18.3. The van der Waals surface area contributed by atoms with Crippen molar-refractivity contribution in [3.63, 3.8) is 0 Å².